The molecule has 1 N–H and O–H groups in total. The van der Waals surface area contributed by atoms with E-state index in [4.69, 9.17) is 0 Å². The predicted octanol–water partition coefficient (Wildman–Crippen LogP) is 2.24. The molecule has 0 spiro atoms. The molecule has 2 heterocycles. The van der Waals surface area contributed by atoms with Gasteiger partial charge in [0, 0.05) is 24.1 Å². The zero-order valence-electron chi connectivity index (χ0n) is 12.7. The molecule has 0 saturated carbocycles. The number of aryl methyl sites for hydroxylation is 1. The van der Waals surface area contributed by atoms with Gasteiger partial charge >= 0.3 is 6.18 Å². The fourth-order valence-corrected chi connectivity index (χ4v) is 2.32. The molecule has 0 saturated heterocycles. The summed E-state index contributed by atoms with van der Waals surface area (Å²) in [6, 6.07) is 5.51. The first-order valence-corrected chi connectivity index (χ1v) is 6.95. The van der Waals surface area contributed by atoms with E-state index in [-0.39, 0.29) is 29.1 Å². The van der Waals surface area contributed by atoms with E-state index in [2.05, 4.69) is 9.97 Å². The fraction of sp³-hybridized carbons (Fsp3) is 0.214. The van der Waals surface area contributed by atoms with Crippen molar-refractivity contribution in [3.05, 3.63) is 67.4 Å². The summed E-state index contributed by atoms with van der Waals surface area (Å²) in [6.45, 7) is 1.49. The number of fused-ring (bicyclic) bond motifs is 1. The van der Waals surface area contributed by atoms with Crippen molar-refractivity contribution >= 4 is 11.5 Å². The van der Waals surface area contributed by atoms with Crippen LogP contribution in [-0.2, 0) is 12.6 Å². The summed E-state index contributed by atoms with van der Waals surface area (Å²) in [5, 5.41) is 12.5. The number of aromatic nitrogens is 4. The maximum Gasteiger partial charge on any atom is 0.451 e. The highest BCUT2D eigenvalue weighted by Crippen LogP contribution is 2.26. The van der Waals surface area contributed by atoms with Gasteiger partial charge in [-0.05, 0) is 12.5 Å². The number of aromatic amines is 1. The van der Waals surface area contributed by atoms with Crippen molar-refractivity contribution in [2.45, 2.75) is 19.5 Å². The molecule has 8 nitrogen and oxygen atoms in total. The minimum atomic E-state index is -4.73. The Balaban J connectivity index is 2.04. The van der Waals surface area contributed by atoms with Crippen LogP contribution >= 0.6 is 0 Å². The highest BCUT2D eigenvalue weighted by Gasteiger charge is 2.35. The molecule has 0 aliphatic rings. The lowest BCUT2D eigenvalue weighted by Crippen LogP contribution is -2.22. The number of non-ortho nitro benzene ring substituents is 1. The van der Waals surface area contributed by atoms with Gasteiger partial charge in [-0.2, -0.15) is 22.7 Å². The average Bonchev–Trinajstić information content (AvgIpc) is 2.96. The quantitative estimate of drug-likeness (QED) is 0.574. The van der Waals surface area contributed by atoms with Crippen LogP contribution in [-0.4, -0.2) is 24.5 Å². The van der Waals surface area contributed by atoms with Crippen molar-refractivity contribution in [2.75, 3.05) is 0 Å². The Bertz CT molecular complexity index is 1020. The number of hydrogen-bond acceptors (Lipinski definition) is 5. The van der Waals surface area contributed by atoms with Crippen molar-refractivity contribution in [1.82, 2.24) is 19.6 Å². The van der Waals surface area contributed by atoms with E-state index in [1.807, 2.05) is 5.10 Å². The molecule has 0 aliphatic carbocycles. The van der Waals surface area contributed by atoms with Gasteiger partial charge in [0.2, 0.25) is 5.82 Å². The molecule has 0 radical (unpaired) electrons. The van der Waals surface area contributed by atoms with Crippen LogP contribution in [0.1, 0.15) is 22.6 Å². The Morgan fingerprint density at radius 1 is 1.24 bits per heavy atom. The average molecular weight is 353 g/mol. The second-order valence-electron chi connectivity index (χ2n) is 5.29. The van der Waals surface area contributed by atoms with Gasteiger partial charge in [0.25, 0.3) is 17.0 Å². The highest BCUT2D eigenvalue weighted by atomic mass is 19.4. The highest BCUT2D eigenvalue weighted by molar-refractivity contribution is 5.38. The van der Waals surface area contributed by atoms with E-state index in [1.54, 1.807) is 0 Å². The lowest BCUT2D eigenvalue weighted by Gasteiger charge is -2.05. The van der Waals surface area contributed by atoms with Gasteiger partial charge in [0.1, 0.15) is 0 Å². The third-order valence-electron chi connectivity index (χ3n) is 3.59. The number of alkyl halides is 3. The van der Waals surface area contributed by atoms with E-state index < -0.39 is 22.5 Å². The Hall–Kier alpha value is -3.24. The smallest absolute Gasteiger partial charge is 0.267 e. The summed E-state index contributed by atoms with van der Waals surface area (Å²) in [5.74, 6) is -1.69. The molecule has 0 aliphatic heterocycles. The number of H-pyrrole nitrogens is 1. The van der Waals surface area contributed by atoms with Crippen LogP contribution in [0.3, 0.4) is 0 Å². The van der Waals surface area contributed by atoms with E-state index >= 15 is 0 Å². The van der Waals surface area contributed by atoms with Gasteiger partial charge in [0.05, 0.1) is 10.6 Å². The molecule has 3 rings (SSSR count). The third-order valence-corrected chi connectivity index (χ3v) is 3.59. The van der Waals surface area contributed by atoms with Crippen molar-refractivity contribution in [1.29, 1.82) is 0 Å². The fourth-order valence-electron chi connectivity index (χ4n) is 2.32. The Labute approximate surface area is 137 Å². The van der Waals surface area contributed by atoms with Crippen LogP contribution in [0.5, 0.6) is 0 Å². The second-order valence-corrected chi connectivity index (χ2v) is 5.29. The third kappa shape index (κ3) is 3.07. The van der Waals surface area contributed by atoms with Crippen LogP contribution < -0.4 is 5.56 Å². The molecule has 0 atom stereocenters. The molecule has 2 aromatic heterocycles. The zero-order chi connectivity index (χ0) is 18.4. The Morgan fingerprint density at radius 3 is 2.44 bits per heavy atom. The van der Waals surface area contributed by atoms with Crippen molar-refractivity contribution in [2.24, 2.45) is 0 Å². The van der Waals surface area contributed by atoms with Crippen LogP contribution in [0.25, 0.3) is 5.78 Å². The molecule has 3 aromatic rings. The van der Waals surface area contributed by atoms with Crippen molar-refractivity contribution in [3.63, 3.8) is 0 Å². The van der Waals surface area contributed by atoms with Crippen LogP contribution in [0.2, 0.25) is 0 Å². The summed E-state index contributed by atoms with van der Waals surface area (Å²) in [7, 11) is 0. The minimum absolute atomic E-state index is 0.0684. The molecular formula is C14H10F3N5O3. The molecule has 0 unspecified atom stereocenters. The number of rotatable bonds is 3. The predicted molar refractivity (Wildman–Crippen MR) is 79.2 cm³/mol. The topological polar surface area (TPSA) is 106 Å². The summed E-state index contributed by atoms with van der Waals surface area (Å²) < 4.78 is 38.8. The minimum Gasteiger partial charge on any atom is -0.267 e. The maximum atomic E-state index is 12.7. The van der Waals surface area contributed by atoms with Gasteiger partial charge in [-0.1, -0.05) is 12.1 Å². The normalized spacial score (nSPS) is 11.8. The standard InChI is InChI=1S/C14H10F3N5O3/c1-7-10(6-8-2-4-9(5-3-8)22(24)25)11(23)21-13(18-7)19-12(20-21)14(15,16)17/h2-5H,6H2,1H3,(H,18,19,20). The number of nitrogens with one attached hydrogen (secondary N) is 1. The Morgan fingerprint density at radius 2 is 1.88 bits per heavy atom. The summed E-state index contributed by atoms with van der Waals surface area (Å²) in [6.07, 6.45) is -4.66. The number of hydrogen-bond donors (Lipinski definition) is 1. The lowest BCUT2D eigenvalue weighted by atomic mass is 10.0. The van der Waals surface area contributed by atoms with E-state index in [9.17, 15) is 28.1 Å². The molecule has 0 amide bonds. The molecular weight excluding hydrogens is 343 g/mol. The van der Waals surface area contributed by atoms with Gasteiger partial charge < -0.3 is 0 Å². The Kier molecular flexibility index (Phi) is 3.78. The number of nitrogens with zero attached hydrogens (tertiary/aromatic N) is 4. The van der Waals surface area contributed by atoms with E-state index in [1.165, 1.54) is 31.2 Å². The van der Waals surface area contributed by atoms with E-state index in [0.29, 0.717) is 10.1 Å². The first-order valence-electron chi connectivity index (χ1n) is 6.95. The first-order chi connectivity index (χ1) is 11.7. The lowest BCUT2D eigenvalue weighted by molar-refractivity contribution is -0.384. The molecule has 11 heteroatoms. The SMILES string of the molecule is Cc1nc2nc(C(F)(F)F)[nH]n2c(=O)c1Cc1ccc([N+](=O)[O-])cc1. The number of nitro groups is 1. The largest absolute Gasteiger partial charge is 0.451 e. The summed E-state index contributed by atoms with van der Waals surface area (Å²) in [5.41, 5.74) is 0.188. The summed E-state index contributed by atoms with van der Waals surface area (Å²) >= 11 is 0. The molecule has 1 aromatic carbocycles. The number of benzene rings is 1. The molecule has 0 bridgehead atoms. The van der Waals surface area contributed by atoms with Crippen LogP contribution in [0, 0.1) is 17.0 Å². The molecule has 130 valence electrons. The zero-order valence-corrected chi connectivity index (χ0v) is 12.7. The number of halogens is 3. The maximum absolute atomic E-state index is 12.7. The van der Waals surface area contributed by atoms with Gasteiger partial charge in [-0.3, -0.25) is 20.0 Å². The van der Waals surface area contributed by atoms with Gasteiger partial charge in [0.15, 0.2) is 0 Å². The monoisotopic (exact) mass is 353 g/mol. The van der Waals surface area contributed by atoms with Crippen LogP contribution in [0.4, 0.5) is 18.9 Å². The van der Waals surface area contributed by atoms with Gasteiger partial charge in [-0.25, -0.2) is 4.98 Å². The van der Waals surface area contributed by atoms with Crippen molar-refractivity contribution in [3.8, 4) is 0 Å². The second kappa shape index (κ2) is 5.69. The number of nitro benzene ring substituents is 1. The summed E-state index contributed by atoms with van der Waals surface area (Å²) in [4.78, 5) is 29.7. The molecule has 25 heavy (non-hydrogen) atoms. The van der Waals surface area contributed by atoms with E-state index in [0.717, 1.165) is 0 Å². The first kappa shape index (κ1) is 16.6. The van der Waals surface area contributed by atoms with Crippen LogP contribution in [0.15, 0.2) is 29.1 Å². The van der Waals surface area contributed by atoms with Crippen molar-refractivity contribution < 1.29 is 18.1 Å². The molecule has 0 fully saturated rings. The van der Waals surface area contributed by atoms with Gasteiger partial charge in [-0.15, -0.1) is 0 Å².